The Morgan fingerprint density at radius 2 is 1.67 bits per heavy atom. The fourth-order valence-corrected chi connectivity index (χ4v) is 3.51. The third-order valence-corrected chi connectivity index (χ3v) is 5.40. The van der Waals surface area contributed by atoms with Gasteiger partial charge < -0.3 is 15.1 Å². The van der Waals surface area contributed by atoms with Gasteiger partial charge in [-0.3, -0.25) is 9.69 Å². The number of nitrogens with zero attached hydrogens (tertiary/aromatic N) is 2. The number of hydrogen-bond acceptors (Lipinski definition) is 4. The predicted octanol–water partition coefficient (Wildman–Crippen LogP) is 2.24. The van der Waals surface area contributed by atoms with Crippen LogP contribution in [0.25, 0.3) is 0 Å². The molecule has 0 bridgehead atoms. The number of rotatable bonds is 10. The third kappa shape index (κ3) is 7.60. The molecule has 1 amide bonds. The number of carbonyl (C=O) groups is 1. The fourth-order valence-electron chi connectivity index (χ4n) is 3.51. The molecule has 1 aliphatic rings. The van der Waals surface area contributed by atoms with Gasteiger partial charge in [0.25, 0.3) is 0 Å². The molecule has 1 fully saturated rings. The molecule has 2 unspecified atom stereocenters. The molecule has 1 saturated heterocycles. The number of piperazine rings is 1. The fraction of sp³-hybridized carbons (Fsp3) is 0.682. The Balaban J connectivity index is 1.61. The van der Waals surface area contributed by atoms with Crippen LogP contribution in [0.1, 0.15) is 50.7 Å². The summed E-state index contributed by atoms with van der Waals surface area (Å²) in [5.41, 5.74) is 2.38. The summed E-state index contributed by atoms with van der Waals surface area (Å²) >= 11 is 0. The number of benzene rings is 1. The van der Waals surface area contributed by atoms with Gasteiger partial charge in [0.1, 0.15) is 0 Å². The van der Waals surface area contributed by atoms with Gasteiger partial charge in [0.2, 0.25) is 5.91 Å². The number of aliphatic hydroxyl groups is 2. The number of aryl methyl sites for hydroxylation is 1. The van der Waals surface area contributed by atoms with Crippen molar-refractivity contribution < 1.29 is 15.0 Å². The van der Waals surface area contributed by atoms with Crippen molar-refractivity contribution in [2.75, 3.05) is 32.7 Å². The highest BCUT2D eigenvalue weighted by Gasteiger charge is 2.19. The molecule has 5 nitrogen and oxygen atoms in total. The summed E-state index contributed by atoms with van der Waals surface area (Å²) in [6, 6.07) is 8.35. The standard InChI is InChI=1S/C22H36N2O3/c1-3-6-22(27)24-15-13-23(14-16-24)12-5-4-7-19-8-10-20(11-9-19)17-21(26)18(2)25/h8-11,18,21,25-26H,3-7,12-17H2,1-2H3. The van der Waals surface area contributed by atoms with E-state index in [0.29, 0.717) is 18.7 Å². The van der Waals surface area contributed by atoms with E-state index in [0.717, 1.165) is 57.5 Å². The molecular weight excluding hydrogens is 340 g/mol. The molecule has 1 aromatic rings. The van der Waals surface area contributed by atoms with Crippen LogP contribution in [-0.2, 0) is 17.6 Å². The molecule has 5 heteroatoms. The van der Waals surface area contributed by atoms with Crippen LogP contribution in [-0.4, -0.2) is 70.9 Å². The summed E-state index contributed by atoms with van der Waals surface area (Å²) in [7, 11) is 0. The van der Waals surface area contributed by atoms with Crippen molar-refractivity contribution in [2.45, 2.75) is 64.6 Å². The molecule has 2 rings (SSSR count). The van der Waals surface area contributed by atoms with Gasteiger partial charge >= 0.3 is 0 Å². The van der Waals surface area contributed by atoms with Crippen LogP contribution in [0.15, 0.2) is 24.3 Å². The number of hydrogen-bond donors (Lipinski definition) is 2. The highest BCUT2D eigenvalue weighted by Crippen LogP contribution is 2.12. The lowest BCUT2D eigenvalue weighted by molar-refractivity contribution is -0.132. The van der Waals surface area contributed by atoms with Crippen LogP contribution >= 0.6 is 0 Å². The van der Waals surface area contributed by atoms with Crippen molar-refractivity contribution >= 4 is 5.91 Å². The molecule has 0 aromatic heterocycles. The molecule has 27 heavy (non-hydrogen) atoms. The Morgan fingerprint density at radius 1 is 1.04 bits per heavy atom. The normalized spacial score (nSPS) is 17.7. The van der Waals surface area contributed by atoms with Crippen molar-refractivity contribution in [3.8, 4) is 0 Å². The molecule has 1 aliphatic heterocycles. The van der Waals surface area contributed by atoms with Gasteiger partial charge in [-0.2, -0.15) is 0 Å². The van der Waals surface area contributed by atoms with E-state index in [9.17, 15) is 15.0 Å². The lowest BCUT2D eigenvalue weighted by Crippen LogP contribution is -2.48. The van der Waals surface area contributed by atoms with Crippen molar-refractivity contribution in [2.24, 2.45) is 0 Å². The molecule has 0 spiro atoms. The van der Waals surface area contributed by atoms with E-state index in [1.807, 2.05) is 17.0 Å². The Morgan fingerprint density at radius 3 is 2.26 bits per heavy atom. The van der Waals surface area contributed by atoms with Crippen molar-refractivity contribution in [1.29, 1.82) is 0 Å². The number of carbonyl (C=O) groups excluding carboxylic acids is 1. The summed E-state index contributed by atoms with van der Waals surface area (Å²) in [6.45, 7) is 8.51. The minimum Gasteiger partial charge on any atom is -0.391 e. The topological polar surface area (TPSA) is 64.0 Å². The maximum absolute atomic E-state index is 11.9. The number of unbranched alkanes of at least 4 members (excludes halogenated alkanes) is 1. The van der Waals surface area contributed by atoms with Crippen LogP contribution in [0, 0.1) is 0 Å². The lowest BCUT2D eigenvalue weighted by atomic mass is 10.0. The molecule has 2 N–H and O–H groups in total. The summed E-state index contributed by atoms with van der Waals surface area (Å²) < 4.78 is 0. The van der Waals surface area contributed by atoms with Gasteiger partial charge in [-0.1, -0.05) is 31.2 Å². The van der Waals surface area contributed by atoms with Crippen LogP contribution in [0.3, 0.4) is 0 Å². The van der Waals surface area contributed by atoms with E-state index >= 15 is 0 Å². The molecule has 0 radical (unpaired) electrons. The maximum Gasteiger partial charge on any atom is 0.222 e. The predicted molar refractivity (Wildman–Crippen MR) is 109 cm³/mol. The summed E-state index contributed by atoms with van der Waals surface area (Å²) in [5.74, 6) is 0.307. The molecule has 0 saturated carbocycles. The van der Waals surface area contributed by atoms with Crippen molar-refractivity contribution in [3.05, 3.63) is 35.4 Å². The zero-order valence-electron chi connectivity index (χ0n) is 16.9. The van der Waals surface area contributed by atoms with E-state index in [1.54, 1.807) is 6.92 Å². The summed E-state index contributed by atoms with van der Waals surface area (Å²) in [4.78, 5) is 16.4. The highest BCUT2D eigenvalue weighted by atomic mass is 16.3. The van der Waals surface area contributed by atoms with Crippen LogP contribution in [0.5, 0.6) is 0 Å². The first kappa shape index (κ1) is 21.9. The minimum atomic E-state index is -0.700. The summed E-state index contributed by atoms with van der Waals surface area (Å²) in [6.07, 6.45) is 4.09. The van der Waals surface area contributed by atoms with Gasteiger partial charge in [0.05, 0.1) is 12.2 Å². The Labute approximate surface area is 164 Å². The minimum absolute atomic E-state index is 0.307. The van der Waals surface area contributed by atoms with Crippen LogP contribution in [0.4, 0.5) is 0 Å². The molecule has 1 heterocycles. The van der Waals surface area contributed by atoms with Gasteiger partial charge in [0.15, 0.2) is 0 Å². The second kappa shape index (κ2) is 11.4. The van der Waals surface area contributed by atoms with Gasteiger partial charge in [0, 0.05) is 39.0 Å². The second-order valence-electron chi connectivity index (χ2n) is 7.76. The summed E-state index contributed by atoms with van der Waals surface area (Å²) in [5, 5.41) is 19.1. The molecule has 1 aromatic carbocycles. The zero-order valence-corrected chi connectivity index (χ0v) is 16.9. The molecule has 0 aliphatic carbocycles. The Hall–Kier alpha value is -1.43. The highest BCUT2D eigenvalue weighted by molar-refractivity contribution is 5.76. The average Bonchev–Trinajstić information content (AvgIpc) is 2.67. The Kier molecular flexibility index (Phi) is 9.25. The first-order valence-corrected chi connectivity index (χ1v) is 10.4. The van der Waals surface area contributed by atoms with Crippen LogP contribution < -0.4 is 0 Å². The second-order valence-corrected chi connectivity index (χ2v) is 7.76. The molecule has 2 atom stereocenters. The third-order valence-electron chi connectivity index (χ3n) is 5.40. The SMILES string of the molecule is CCCC(=O)N1CCN(CCCCc2ccc(CC(O)C(C)O)cc2)CC1. The quantitative estimate of drug-likeness (QED) is 0.615. The van der Waals surface area contributed by atoms with E-state index in [2.05, 4.69) is 24.0 Å². The maximum atomic E-state index is 11.9. The van der Waals surface area contributed by atoms with E-state index in [4.69, 9.17) is 0 Å². The van der Waals surface area contributed by atoms with E-state index in [-0.39, 0.29) is 0 Å². The first-order valence-electron chi connectivity index (χ1n) is 10.4. The Bertz CT molecular complexity index is 551. The average molecular weight is 377 g/mol. The van der Waals surface area contributed by atoms with Crippen LogP contribution in [0.2, 0.25) is 0 Å². The van der Waals surface area contributed by atoms with E-state index < -0.39 is 12.2 Å². The molecule has 152 valence electrons. The molecular formula is C22H36N2O3. The largest absolute Gasteiger partial charge is 0.391 e. The van der Waals surface area contributed by atoms with Gasteiger partial charge in [-0.05, 0) is 50.3 Å². The van der Waals surface area contributed by atoms with E-state index in [1.165, 1.54) is 12.0 Å². The zero-order chi connectivity index (χ0) is 19.6. The smallest absolute Gasteiger partial charge is 0.222 e. The lowest BCUT2D eigenvalue weighted by Gasteiger charge is -2.34. The number of amides is 1. The number of aliphatic hydroxyl groups excluding tert-OH is 2. The van der Waals surface area contributed by atoms with Crippen molar-refractivity contribution in [1.82, 2.24) is 9.80 Å². The van der Waals surface area contributed by atoms with Gasteiger partial charge in [-0.15, -0.1) is 0 Å². The van der Waals surface area contributed by atoms with Gasteiger partial charge in [-0.25, -0.2) is 0 Å². The van der Waals surface area contributed by atoms with Crippen molar-refractivity contribution in [3.63, 3.8) is 0 Å². The first-order chi connectivity index (χ1) is 13.0. The monoisotopic (exact) mass is 376 g/mol.